The number of aromatic nitrogens is 1. The van der Waals surface area contributed by atoms with Crippen LogP contribution in [0.1, 0.15) is 40.7 Å². The summed E-state index contributed by atoms with van der Waals surface area (Å²) in [5.74, 6) is -0.0566. The zero-order valence-corrected chi connectivity index (χ0v) is 22.5. The summed E-state index contributed by atoms with van der Waals surface area (Å²) in [6.45, 7) is 3.81. The van der Waals surface area contributed by atoms with Crippen LogP contribution in [-0.2, 0) is 17.6 Å². The van der Waals surface area contributed by atoms with Gasteiger partial charge in [0.2, 0.25) is 5.88 Å². The summed E-state index contributed by atoms with van der Waals surface area (Å²) in [7, 11) is 0. The van der Waals surface area contributed by atoms with Crippen LogP contribution in [0.15, 0.2) is 45.0 Å². The fourth-order valence-electron chi connectivity index (χ4n) is 4.89. The second kappa shape index (κ2) is 11.6. The Balaban J connectivity index is 1.20. The number of aliphatic hydroxyl groups is 1. The Bertz CT molecular complexity index is 1380. The lowest BCUT2D eigenvalue weighted by Gasteiger charge is -2.29. The van der Waals surface area contributed by atoms with Crippen molar-refractivity contribution < 1.29 is 24.5 Å². The molecule has 0 spiro atoms. The SMILES string of the molecule is O=C(Cc1ccc2c(c1)CCO2)N=Nc1c(O)[nH]c2cc(C(=O)NCCCN3CCC(O)CC3)cc(Br)c12. The van der Waals surface area contributed by atoms with Gasteiger partial charge < -0.3 is 30.2 Å². The number of H-pyrrole nitrogens is 1. The molecule has 200 valence electrons. The summed E-state index contributed by atoms with van der Waals surface area (Å²) in [5.41, 5.74) is 2.95. The molecule has 1 fully saturated rings. The van der Waals surface area contributed by atoms with E-state index in [1.165, 1.54) is 0 Å². The molecule has 1 saturated heterocycles. The molecule has 2 aromatic carbocycles. The number of aliphatic hydroxyl groups excluding tert-OH is 1. The number of azo groups is 1. The largest absolute Gasteiger partial charge is 0.493 e. The van der Waals surface area contributed by atoms with Crippen LogP contribution >= 0.6 is 15.9 Å². The number of carbonyl (C=O) groups is 2. The third-order valence-corrected chi connectivity index (χ3v) is 7.56. The van der Waals surface area contributed by atoms with Crippen molar-refractivity contribution in [3.8, 4) is 11.6 Å². The van der Waals surface area contributed by atoms with E-state index >= 15 is 0 Å². The van der Waals surface area contributed by atoms with Gasteiger partial charge in [-0.2, -0.15) is 0 Å². The third kappa shape index (κ3) is 6.06. The summed E-state index contributed by atoms with van der Waals surface area (Å²) in [6, 6.07) is 8.93. The molecule has 11 heteroatoms. The van der Waals surface area contributed by atoms with Gasteiger partial charge in [-0.1, -0.05) is 12.1 Å². The summed E-state index contributed by atoms with van der Waals surface area (Å²) in [6.07, 6.45) is 3.12. The number of hydrogen-bond acceptors (Lipinski definition) is 7. The van der Waals surface area contributed by atoms with Gasteiger partial charge in [0, 0.05) is 41.5 Å². The highest BCUT2D eigenvalue weighted by Gasteiger charge is 2.19. The number of aromatic amines is 1. The Kier molecular flexibility index (Phi) is 8.06. The zero-order chi connectivity index (χ0) is 26.6. The fourth-order valence-corrected chi connectivity index (χ4v) is 5.54. The van der Waals surface area contributed by atoms with Gasteiger partial charge in [0.15, 0.2) is 5.69 Å². The first-order chi connectivity index (χ1) is 18.4. The number of ether oxygens (including phenoxy) is 1. The number of halogens is 1. The monoisotopic (exact) mass is 583 g/mol. The molecule has 0 aliphatic carbocycles. The number of carbonyl (C=O) groups excluding carboxylic acids is 2. The number of benzene rings is 2. The summed E-state index contributed by atoms with van der Waals surface area (Å²) < 4.78 is 6.04. The molecule has 2 amide bonds. The van der Waals surface area contributed by atoms with E-state index in [4.69, 9.17) is 4.74 Å². The smallest absolute Gasteiger partial charge is 0.269 e. The molecule has 2 aliphatic heterocycles. The maximum absolute atomic E-state index is 12.7. The minimum atomic E-state index is -0.439. The van der Waals surface area contributed by atoms with E-state index in [9.17, 15) is 19.8 Å². The molecular formula is C27H30BrN5O5. The van der Waals surface area contributed by atoms with Gasteiger partial charge in [-0.15, -0.1) is 10.2 Å². The van der Waals surface area contributed by atoms with E-state index < -0.39 is 5.91 Å². The Morgan fingerprint density at radius 2 is 2.03 bits per heavy atom. The molecule has 2 aliphatic rings. The molecule has 3 aromatic rings. The molecule has 0 atom stereocenters. The van der Waals surface area contributed by atoms with Crippen molar-refractivity contribution in [3.05, 3.63) is 51.5 Å². The fraction of sp³-hybridized carbons (Fsp3) is 0.407. The number of nitrogens with one attached hydrogen (secondary N) is 2. The molecule has 1 aromatic heterocycles. The second-order valence-electron chi connectivity index (χ2n) is 9.70. The van der Waals surface area contributed by atoms with E-state index in [0.717, 1.165) is 62.2 Å². The van der Waals surface area contributed by atoms with Crippen LogP contribution < -0.4 is 10.1 Å². The first kappa shape index (κ1) is 26.3. The lowest BCUT2D eigenvalue weighted by molar-refractivity contribution is -0.117. The Hall–Kier alpha value is -3.28. The van der Waals surface area contributed by atoms with Crippen molar-refractivity contribution in [2.75, 3.05) is 32.8 Å². The van der Waals surface area contributed by atoms with E-state index in [1.54, 1.807) is 12.1 Å². The van der Waals surface area contributed by atoms with E-state index in [0.29, 0.717) is 34.1 Å². The number of piperidine rings is 1. The van der Waals surface area contributed by atoms with Crippen LogP contribution in [0.3, 0.4) is 0 Å². The molecule has 0 radical (unpaired) electrons. The Morgan fingerprint density at radius 3 is 2.84 bits per heavy atom. The van der Waals surface area contributed by atoms with Gasteiger partial charge in [0.1, 0.15) is 5.75 Å². The lowest BCUT2D eigenvalue weighted by Crippen LogP contribution is -2.37. The molecule has 10 nitrogen and oxygen atoms in total. The van der Waals surface area contributed by atoms with E-state index in [1.807, 2.05) is 18.2 Å². The molecule has 0 bridgehead atoms. The van der Waals surface area contributed by atoms with Crippen LogP contribution in [-0.4, -0.2) is 70.8 Å². The number of nitrogens with zero attached hydrogens (tertiary/aromatic N) is 3. The van der Waals surface area contributed by atoms with Gasteiger partial charge in [-0.05, 0) is 71.1 Å². The van der Waals surface area contributed by atoms with E-state index in [-0.39, 0.29) is 30.0 Å². The predicted octanol–water partition coefficient (Wildman–Crippen LogP) is 4.00. The maximum atomic E-state index is 12.7. The van der Waals surface area contributed by atoms with Crippen molar-refractivity contribution in [3.63, 3.8) is 0 Å². The van der Waals surface area contributed by atoms with Crippen molar-refractivity contribution in [2.24, 2.45) is 10.2 Å². The minimum absolute atomic E-state index is 0.0884. The topological polar surface area (TPSA) is 140 Å². The highest BCUT2D eigenvalue weighted by atomic mass is 79.9. The number of hydrogen-bond donors (Lipinski definition) is 4. The molecule has 5 rings (SSSR count). The summed E-state index contributed by atoms with van der Waals surface area (Å²) >= 11 is 3.47. The van der Waals surface area contributed by atoms with Gasteiger partial charge in [0.25, 0.3) is 11.8 Å². The lowest BCUT2D eigenvalue weighted by atomic mass is 10.1. The number of fused-ring (bicyclic) bond motifs is 2. The molecule has 4 N–H and O–H groups in total. The van der Waals surface area contributed by atoms with Crippen molar-refractivity contribution >= 4 is 44.3 Å². The minimum Gasteiger partial charge on any atom is -0.493 e. The Morgan fingerprint density at radius 1 is 1.21 bits per heavy atom. The second-order valence-corrected chi connectivity index (χ2v) is 10.6. The molecule has 0 unspecified atom stereocenters. The molecule has 0 saturated carbocycles. The van der Waals surface area contributed by atoms with Crippen LogP contribution in [0.25, 0.3) is 10.9 Å². The number of rotatable bonds is 8. The number of aromatic hydroxyl groups is 1. The Labute approximate surface area is 228 Å². The third-order valence-electron chi connectivity index (χ3n) is 6.93. The van der Waals surface area contributed by atoms with E-state index in [2.05, 4.69) is 41.4 Å². The van der Waals surface area contributed by atoms with Crippen LogP contribution in [0, 0.1) is 0 Å². The van der Waals surface area contributed by atoms with Crippen LogP contribution in [0.2, 0.25) is 0 Å². The van der Waals surface area contributed by atoms with Crippen LogP contribution in [0.5, 0.6) is 11.6 Å². The number of amides is 2. The van der Waals surface area contributed by atoms with Gasteiger partial charge in [-0.25, -0.2) is 0 Å². The van der Waals surface area contributed by atoms with Gasteiger partial charge in [-0.3, -0.25) is 9.59 Å². The molecule has 3 heterocycles. The highest BCUT2D eigenvalue weighted by molar-refractivity contribution is 9.10. The highest BCUT2D eigenvalue weighted by Crippen LogP contribution is 2.40. The normalized spacial score (nSPS) is 16.2. The average Bonchev–Trinajstić information content (AvgIpc) is 3.49. The first-order valence-electron chi connectivity index (χ1n) is 12.8. The van der Waals surface area contributed by atoms with Crippen molar-refractivity contribution in [1.82, 2.24) is 15.2 Å². The molecular weight excluding hydrogens is 554 g/mol. The summed E-state index contributed by atoms with van der Waals surface area (Å²) in [4.78, 5) is 30.3. The van der Waals surface area contributed by atoms with Crippen molar-refractivity contribution in [2.45, 2.75) is 38.2 Å². The van der Waals surface area contributed by atoms with Crippen LogP contribution in [0.4, 0.5) is 5.69 Å². The average molecular weight is 584 g/mol. The summed E-state index contributed by atoms with van der Waals surface area (Å²) in [5, 5.41) is 31.3. The van der Waals surface area contributed by atoms with Crippen molar-refractivity contribution in [1.29, 1.82) is 0 Å². The number of likely N-dealkylation sites (tertiary alicyclic amines) is 1. The predicted molar refractivity (Wildman–Crippen MR) is 145 cm³/mol. The maximum Gasteiger partial charge on any atom is 0.269 e. The zero-order valence-electron chi connectivity index (χ0n) is 20.9. The van der Waals surface area contributed by atoms with Gasteiger partial charge >= 0.3 is 0 Å². The standard InChI is InChI=1S/C27H30BrN5O5/c28-20-14-18(26(36)29-7-1-8-33-9-4-19(34)5-10-33)15-21-24(20)25(27(37)30-21)32-31-23(35)13-16-2-3-22-17(12-16)6-11-38-22/h2-3,12,14-15,19,30,34,37H,1,4-11,13H2,(H,29,36). The first-order valence-corrected chi connectivity index (χ1v) is 13.6. The quantitative estimate of drug-likeness (QED) is 0.233. The molecule has 38 heavy (non-hydrogen) atoms. The van der Waals surface area contributed by atoms with Gasteiger partial charge in [0.05, 0.1) is 24.6 Å².